The third kappa shape index (κ3) is 3.19. The first-order valence-electron chi connectivity index (χ1n) is 3.11. The van der Waals surface area contributed by atoms with Crippen molar-refractivity contribution in [2.45, 2.75) is 4.90 Å². The van der Waals surface area contributed by atoms with Gasteiger partial charge in [0.15, 0.2) is 0 Å². The molecular weight excluding hydrogens is 183 g/mol. The smallest absolute Gasteiger partial charge is 1.00 e. The SMILES string of the molecule is COC(=O)c1ccc(S)cc1.[H-].[Na+]. The van der Waals surface area contributed by atoms with Gasteiger partial charge in [0.25, 0.3) is 0 Å². The van der Waals surface area contributed by atoms with E-state index in [-0.39, 0.29) is 37.0 Å². The normalized spacial score (nSPS) is 8.50. The molecule has 0 unspecified atom stereocenters. The van der Waals surface area contributed by atoms with Crippen LogP contribution in [0.3, 0.4) is 0 Å². The molecule has 2 nitrogen and oxygen atoms in total. The molecule has 0 saturated heterocycles. The fraction of sp³-hybridized carbons (Fsp3) is 0.125. The molecule has 60 valence electrons. The maximum atomic E-state index is 10.9. The molecule has 1 aromatic rings. The van der Waals surface area contributed by atoms with Crippen molar-refractivity contribution in [1.29, 1.82) is 0 Å². The second-order valence-corrected chi connectivity index (χ2v) is 2.55. The van der Waals surface area contributed by atoms with Gasteiger partial charge >= 0.3 is 35.5 Å². The number of esters is 1. The van der Waals surface area contributed by atoms with Crippen molar-refractivity contribution in [3.8, 4) is 0 Å². The van der Waals surface area contributed by atoms with E-state index in [4.69, 9.17) is 0 Å². The fourth-order valence-corrected chi connectivity index (χ4v) is 0.864. The van der Waals surface area contributed by atoms with E-state index in [0.29, 0.717) is 5.56 Å². The van der Waals surface area contributed by atoms with Crippen molar-refractivity contribution >= 4 is 18.6 Å². The van der Waals surface area contributed by atoms with E-state index in [2.05, 4.69) is 17.4 Å². The van der Waals surface area contributed by atoms with Gasteiger partial charge in [0.2, 0.25) is 0 Å². The van der Waals surface area contributed by atoms with Crippen LogP contribution in [-0.2, 0) is 4.74 Å². The van der Waals surface area contributed by atoms with Crippen LogP contribution < -0.4 is 29.6 Å². The molecule has 1 aromatic carbocycles. The Kier molecular flexibility index (Phi) is 5.66. The van der Waals surface area contributed by atoms with Crippen molar-refractivity contribution in [2.75, 3.05) is 7.11 Å². The number of carbonyl (C=O) groups excluding carboxylic acids is 1. The summed E-state index contributed by atoms with van der Waals surface area (Å²) in [6, 6.07) is 6.84. The number of rotatable bonds is 1. The number of hydrogen-bond donors (Lipinski definition) is 1. The Morgan fingerprint density at radius 1 is 1.42 bits per heavy atom. The standard InChI is InChI=1S/C8H8O2S.Na.H/c1-10-8(9)6-2-4-7(11)5-3-6;;/h2-5,11H,1H3;;/q;+1;-1. The van der Waals surface area contributed by atoms with E-state index in [9.17, 15) is 4.79 Å². The molecule has 0 heterocycles. The van der Waals surface area contributed by atoms with Crippen LogP contribution in [0.15, 0.2) is 29.2 Å². The molecule has 0 saturated carbocycles. The van der Waals surface area contributed by atoms with Crippen molar-refractivity contribution in [3.05, 3.63) is 29.8 Å². The number of carbonyl (C=O) groups is 1. The van der Waals surface area contributed by atoms with E-state index in [1.54, 1.807) is 24.3 Å². The third-order valence-corrected chi connectivity index (χ3v) is 1.59. The summed E-state index contributed by atoms with van der Waals surface area (Å²) in [5.41, 5.74) is 0.547. The van der Waals surface area contributed by atoms with Gasteiger partial charge in [-0.3, -0.25) is 0 Å². The molecule has 0 amide bonds. The van der Waals surface area contributed by atoms with E-state index < -0.39 is 0 Å². The van der Waals surface area contributed by atoms with Gasteiger partial charge in [0.05, 0.1) is 12.7 Å². The zero-order valence-electron chi connectivity index (χ0n) is 8.07. The first-order chi connectivity index (χ1) is 5.24. The quantitative estimate of drug-likeness (QED) is 0.346. The molecule has 0 aliphatic carbocycles. The summed E-state index contributed by atoms with van der Waals surface area (Å²) in [6.45, 7) is 0. The molecule has 0 aromatic heterocycles. The van der Waals surface area contributed by atoms with Gasteiger partial charge in [-0.05, 0) is 24.3 Å². The van der Waals surface area contributed by atoms with Crippen LogP contribution in [0.25, 0.3) is 0 Å². The number of hydrogen-bond acceptors (Lipinski definition) is 3. The Morgan fingerprint density at radius 2 is 1.92 bits per heavy atom. The van der Waals surface area contributed by atoms with Crippen molar-refractivity contribution in [1.82, 2.24) is 0 Å². The predicted octanol–water partition coefficient (Wildman–Crippen LogP) is -1.12. The summed E-state index contributed by atoms with van der Waals surface area (Å²) >= 11 is 4.08. The third-order valence-electron chi connectivity index (χ3n) is 1.29. The van der Waals surface area contributed by atoms with Crippen LogP contribution in [-0.4, -0.2) is 13.1 Å². The topological polar surface area (TPSA) is 26.3 Å². The van der Waals surface area contributed by atoms with Gasteiger partial charge in [-0.2, -0.15) is 0 Å². The van der Waals surface area contributed by atoms with Gasteiger partial charge in [-0.25, -0.2) is 4.79 Å². The van der Waals surface area contributed by atoms with E-state index in [1.807, 2.05) is 0 Å². The maximum absolute atomic E-state index is 10.9. The summed E-state index contributed by atoms with van der Waals surface area (Å²) in [7, 11) is 1.36. The first-order valence-corrected chi connectivity index (χ1v) is 3.56. The molecule has 0 aliphatic heterocycles. The average Bonchev–Trinajstić information content (AvgIpc) is 2.05. The Balaban J connectivity index is 0. The molecule has 0 bridgehead atoms. The summed E-state index contributed by atoms with van der Waals surface area (Å²) < 4.78 is 4.51. The van der Waals surface area contributed by atoms with Crippen molar-refractivity contribution in [3.63, 3.8) is 0 Å². The van der Waals surface area contributed by atoms with Gasteiger partial charge in [0.1, 0.15) is 0 Å². The van der Waals surface area contributed by atoms with E-state index in [1.165, 1.54) is 7.11 Å². The van der Waals surface area contributed by atoms with Crippen molar-refractivity contribution < 1.29 is 40.5 Å². The van der Waals surface area contributed by atoms with Crippen LogP contribution in [0.5, 0.6) is 0 Å². The van der Waals surface area contributed by atoms with E-state index >= 15 is 0 Å². The molecule has 0 aliphatic rings. The zero-order chi connectivity index (χ0) is 8.27. The molecule has 0 spiro atoms. The fourth-order valence-electron chi connectivity index (χ4n) is 0.715. The minimum atomic E-state index is -0.321. The number of methoxy groups -OCH3 is 1. The monoisotopic (exact) mass is 192 g/mol. The van der Waals surface area contributed by atoms with Gasteiger partial charge in [-0.15, -0.1) is 12.6 Å². The molecule has 0 fully saturated rings. The molecule has 0 atom stereocenters. The molecular formula is C8H9NaO2S. The molecule has 4 heteroatoms. The minimum Gasteiger partial charge on any atom is -1.00 e. The summed E-state index contributed by atoms with van der Waals surface area (Å²) in [4.78, 5) is 11.7. The van der Waals surface area contributed by atoms with Crippen LogP contribution in [0.4, 0.5) is 0 Å². The summed E-state index contributed by atoms with van der Waals surface area (Å²) in [5.74, 6) is -0.321. The Bertz CT molecular complexity index is 263. The Labute approximate surface area is 100 Å². The molecule has 12 heavy (non-hydrogen) atoms. The summed E-state index contributed by atoms with van der Waals surface area (Å²) in [5, 5.41) is 0. The number of benzene rings is 1. The Morgan fingerprint density at radius 3 is 2.33 bits per heavy atom. The van der Waals surface area contributed by atoms with Gasteiger partial charge in [0, 0.05) is 4.90 Å². The second-order valence-electron chi connectivity index (χ2n) is 2.04. The molecule has 1 rings (SSSR count). The Hall–Kier alpha value is 0.0400. The van der Waals surface area contributed by atoms with Crippen LogP contribution >= 0.6 is 12.6 Å². The largest absolute Gasteiger partial charge is 1.00 e. The van der Waals surface area contributed by atoms with Crippen LogP contribution in [0, 0.1) is 0 Å². The predicted molar refractivity (Wildman–Crippen MR) is 46.1 cm³/mol. The zero-order valence-corrected chi connectivity index (χ0v) is 9.97. The molecule has 0 N–H and O–H groups in total. The minimum absolute atomic E-state index is 0. The van der Waals surface area contributed by atoms with Gasteiger partial charge < -0.3 is 6.16 Å². The van der Waals surface area contributed by atoms with Crippen molar-refractivity contribution in [2.24, 2.45) is 0 Å². The number of ether oxygens (including phenoxy) is 1. The first kappa shape index (κ1) is 12.0. The summed E-state index contributed by atoms with van der Waals surface area (Å²) in [6.07, 6.45) is 0. The second kappa shape index (κ2) is 5.65. The van der Waals surface area contributed by atoms with Crippen LogP contribution in [0.2, 0.25) is 0 Å². The number of thiol groups is 1. The van der Waals surface area contributed by atoms with E-state index in [0.717, 1.165) is 4.90 Å². The average molecular weight is 192 g/mol. The molecule has 0 radical (unpaired) electrons. The van der Waals surface area contributed by atoms with Gasteiger partial charge in [-0.1, -0.05) is 0 Å². The van der Waals surface area contributed by atoms with Crippen LogP contribution in [0.1, 0.15) is 11.8 Å². The maximum Gasteiger partial charge on any atom is 1.00 e.